The van der Waals surface area contributed by atoms with Crippen molar-refractivity contribution < 1.29 is 14.1 Å². The number of carbonyl (C=O) groups is 1. The van der Waals surface area contributed by atoms with Crippen LogP contribution in [0.25, 0.3) is 0 Å². The molecular formula is C16H30N2O3S. The van der Waals surface area contributed by atoms with Gasteiger partial charge in [0.15, 0.2) is 0 Å². The lowest BCUT2D eigenvalue weighted by Crippen LogP contribution is -2.79. The zero-order chi connectivity index (χ0) is 17.0. The predicted octanol–water partition coefficient (Wildman–Crippen LogP) is 2.87. The topological polar surface area (TPSA) is 73.4 Å². The number of carbonyl (C=O) groups excluding carboxylic acids is 1. The molecule has 0 aromatic heterocycles. The minimum absolute atomic E-state index is 0.0957. The van der Waals surface area contributed by atoms with E-state index < -0.39 is 17.0 Å². The van der Waals surface area contributed by atoms with E-state index in [1.165, 1.54) is 0 Å². The molecule has 22 heavy (non-hydrogen) atoms. The molecule has 3 aliphatic rings. The lowest BCUT2D eigenvalue weighted by molar-refractivity contribution is -0.166. The van der Waals surface area contributed by atoms with Crippen LogP contribution < -0.4 is 10.0 Å². The lowest BCUT2D eigenvalue weighted by atomic mass is 9.37. The zero-order valence-electron chi connectivity index (χ0n) is 14.8. The Kier molecular flexibility index (Phi) is 4.29. The molecule has 3 fully saturated rings. The summed E-state index contributed by atoms with van der Waals surface area (Å²) in [7, 11) is 0. The summed E-state index contributed by atoms with van der Waals surface area (Å²) in [5.74, 6) is 0. The first-order valence-corrected chi connectivity index (χ1v) is 9.11. The van der Waals surface area contributed by atoms with Gasteiger partial charge in [0.2, 0.25) is 0 Å². The molecule has 3 rings (SSSR count). The van der Waals surface area contributed by atoms with Gasteiger partial charge < -0.3 is 14.6 Å². The van der Waals surface area contributed by atoms with Gasteiger partial charge in [-0.2, -0.15) is 0 Å². The number of amides is 1. The molecule has 128 valence electrons. The molecule has 3 saturated carbocycles. The van der Waals surface area contributed by atoms with Gasteiger partial charge in [0.25, 0.3) is 0 Å². The monoisotopic (exact) mass is 330 g/mol. The van der Waals surface area contributed by atoms with Crippen LogP contribution in [0.3, 0.4) is 0 Å². The van der Waals surface area contributed by atoms with Crippen molar-refractivity contribution >= 4 is 17.5 Å². The number of nitrogens with one attached hydrogen (secondary N) is 2. The van der Waals surface area contributed by atoms with E-state index in [2.05, 4.69) is 17.0 Å². The highest BCUT2D eigenvalue weighted by atomic mass is 32.2. The summed E-state index contributed by atoms with van der Waals surface area (Å²) in [6, 6.07) is 0.190. The molecule has 3 aliphatic carbocycles. The minimum Gasteiger partial charge on any atom is -0.598 e. The Bertz CT molecular complexity index is 434. The van der Waals surface area contributed by atoms with E-state index in [1.54, 1.807) is 0 Å². The fourth-order valence-corrected chi connectivity index (χ4v) is 4.37. The molecule has 2 atom stereocenters. The third-order valence-electron chi connectivity index (χ3n) is 4.60. The molecule has 1 amide bonds. The highest BCUT2D eigenvalue weighted by Gasteiger charge is 2.71. The molecule has 0 aliphatic heterocycles. The highest BCUT2D eigenvalue weighted by molar-refractivity contribution is 7.90. The second kappa shape index (κ2) is 5.28. The summed E-state index contributed by atoms with van der Waals surface area (Å²) in [5.41, 5.74) is -0.388. The van der Waals surface area contributed by atoms with Crippen molar-refractivity contribution in [3.05, 3.63) is 0 Å². The maximum Gasteiger partial charge on any atom is 0.408 e. The Morgan fingerprint density at radius 2 is 1.68 bits per heavy atom. The van der Waals surface area contributed by atoms with Gasteiger partial charge >= 0.3 is 6.09 Å². The van der Waals surface area contributed by atoms with Crippen molar-refractivity contribution in [2.75, 3.05) is 0 Å². The molecule has 2 bridgehead atoms. The number of hydrogen-bond acceptors (Lipinski definition) is 4. The van der Waals surface area contributed by atoms with E-state index in [-0.39, 0.29) is 27.8 Å². The van der Waals surface area contributed by atoms with E-state index in [1.807, 2.05) is 41.5 Å². The summed E-state index contributed by atoms with van der Waals surface area (Å²) in [6.45, 7) is 13.6. The first kappa shape index (κ1) is 17.9. The average molecular weight is 330 g/mol. The molecule has 1 unspecified atom stereocenters. The fraction of sp³-hybridized carbons (Fsp3) is 0.938. The van der Waals surface area contributed by atoms with Crippen molar-refractivity contribution in [3.63, 3.8) is 0 Å². The Balaban J connectivity index is 1.80. The van der Waals surface area contributed by atoms with E-state index in [0.29, 0.717) is 0 Å². The number of hydrogen-bond donors (Lipinski definition) is 2. The SMILES string of the molecule is C[C@@H](N[S+]([O-])C(C)(C)C)C12CC(NC(=O)OC(C)(C)C)(C1)C2. The Morgan fingerprint density at radius 3 is 2.09 bits per heavy atom. The number of ether oxygens (including phenoxy) is 1. The zero-order valence-corrected chi connectivity index (χ0v) is 15.6. The van der Waals surface area contributed by atoms with Crippen LogP contribution in [0.1, 0.15) is 67.7 Å². The summed E-state index contributed by atoms with van der Waals surface area (Å²) in [5, 5.41) is 3.01. The smallest absolute Gasteiger partial charge is 0.408 e. The normalized spacial score (nSPS) is 33.3. The molecule has 6 heteroatoms. The van der Waals surface area contributed by atoms with Gasteiger partial charge in [-0.1, -0.05) is 0 Å². The van der Waals surface area contributed by atoms with Gasteiger partial charge in [0, 0.05) is 16.9 Å². The molecular weight excluding hydrogens is 300 g/mol. The Labute approximate surface area is 137 Å². The van der Waals surface area contributed by atoms with E-state index in [4.69, 9.17) is 4.74 Å². The maximum atomic E-state index is 12.2. The molecule has 0 heterocycles. The van der Waals surface area contributed by atoms with Gasteiger partial charge in [-0.05, 0) is 73.1 Å². The molecule has 0 aromatic rings. The van der Waals surface area contributed by atoms with Crippen LogP contribution in [0.4, 0.5) is 4.79 Å². The van der Waals surface area contributed by atoms with Crippen LogP contribution in [0, 0.1) is 5.41 Å². The van der Waals surface area contributed by atoms with Crippen molar-refractivity contribution in [1.29, 1.82) is 0 Å². The quantitative estimate of drug-likeness (QED) is 0.777. The summed E-state index contributed by atoms with van der Waals surface area (Å²) < 4.78 is 20.5. The molecule has 0 saturated heterocycles. The van der Waals surface area contributed by atoms with E-state index in [9.17, 15) is 9.35 Å². The molecule has 0 radical (unpaired) electrons. The lowest BCUT2D eigenvalue weighted by Gasteiger charge is -2.72. The standard InChI is InChI=1S/C16H30N2O3S/c1-11(18-22(20)14(5,6)7)15-8-16(9-15,10-15)17-12(19)21-13(2,3)4/h11,18H,8-10H2,1-7H3,(H,17,19)/t11-,15?,16?,22?/m1/s1. The third-order valence-corrected chi connectivity index (χ3v) is 6.28. The molecule has 0 spiro atoms. The Hall–Kier alpha value is -0.460. The van der Waals surface area contributed by atoms with Crippen molar-refractivity contribution in [1.82, 2.24) is 10.0 Å². The van der Waals surface area contributed by atoms with Crippen LogP contribution in [-0.4, -0.2) is 32.6 Å². The van der Waals surface area contributed by atoms with Crippen LogP contribution in [0.2, 0.25) is 0 Å². The minimum atomic E-state index is -1.06. The molecule has 0 aromatic carbocycles. The van der Waals surface area contributed by atoms with Crippen molar-refractivity contribution in [2.45, 2.75) is 89.7 Å². The van der Waals surface area contributed by atoms with E-state index in [0.717, 1.165) is 19.3 Å². The van der Waals surface area contributed by atoms with Gasteiger partial charge in [-0.25, -0.2) is 4.79 Å². The largest absolute Gasteiger partial charge is 0.598 e. The summed E-state index contributed by atoms with van der Waals surface area (Å²) >= 11 is -1.06. The van der Waals surface area contributed by atoms with Crippen LogP contribution in [-0.2, 0) is 16.1 Å². The van der Waals surface area contributed by atoms with Crippen molar-refractivity contribution in [3.8, 4) is 0 Å². The predicted molar refractivity (Wildman–Crippen MR) is 88.9 cm³/mol. The van der Waals surface area contributed by atoms with Gasteiger partial charge in [-0.15, -0.1) is 4.72 Å². The fourth-order valence-electron chi connectivity index (χ4n) is 3.44. The molecule has 5 nitrogen and oxygen atoms in total. The van der Waals surface area contributed by atoms with Crippen molar-refractivity contribution in [2.24, 2.45) is 5.41 Å². The number of rotatable bonds is 4. The van der Waals surface area contributed by atoms with Gasteiger partial charge in [-0.3, -0.25) is 0 Å². The number of alkyl carbamates (subject to hydrolysis) is 1. The van der Waals surface area contributed by atoms with Gasteiger partial charge in [0.05, 0.1) is 6.04 Å². The van der Waals surface area contributed by atoms with E-state index >= 15 is 0 Å². The summed E-state index contributed by atoms with van der Waals surface area (Å²) in [4.78, 5) is 11.9. The first-order valence-electron chi connectivity index (χ1n) is 7.96. The average Bonchev–Trinajstić information content (AvgIpc) is 2.16. The summed E-state index contributed by atoms with van der Waals surface area (Å²) in [6.07, 6.45) is 2.48. The Morgan fingerprint density at radius 1 is 1.18 bits per heavy atom. The second-order valence-electron chi connectivity index (χ2n) is 9.02. The highest BCUT2D eigenvalue weighted by Crippen LogP contribution is 2.68. The van der Waals surface area contributed by atoms with Gasteiger partial charge in [0.1, 0.15) is 10.3 Å². The van der Waals surface area contributed by atoms with Crippen LogP contribution in [0.15, 0.2) is 0 Å². The van der Waals surface area contributed by atoms with Crippen LogP contribution in [0.5, 0.6) is 0 Å². The second-order valence-corrected chi connectivity index (χ2v) is 11.0. The third kappa shape index (κ3) is 3.54. The first-order chi connectivity index (χ1) is 9.77. The van der Waals surface area contributed by atoms with Crippen LogP contribution >= 0.6 is 0 Å². The molecule has 2 N–H and O–H groups in total. The maximum absolute atomic E-state index is 12.2.